The van der Waals surface area contributed by atoms with Crippen LogP contribution in [0.2, 0.25) is 5.02 Å². The zero-order valence-electron chi connectivity index (χ0n) is 12.4. The Kier molecular flexibility index (Phi) is 3.67. The molecule has 3 aromatic rings. The highest BCUT2D eigenvalue weighted by atomic mass is 35.5. The van der Waals surface area contributed by atoms with Crippen LogP contribution in [-0.2, 0) is 0 Å². The van der Waals surface area contributed by atoms with E-state index in [1.54, 1.807) is 16.4 Å². The lowest BCUT2D eigenvalue weighted by atomic mass is 10.1. The molecule has 0 spiro atoms. The van der Waals surface area contributed by atoms with Crippen LogP contribution in [0, 0.1) is 6.92 Å². The van der Waals surface area contributed by atoms with Gasteiger partial charge >= 0.3 is 0 Å². The summed E-state index contributed by atoms with van der Waals surface area (Å²) in [5.41, 5.74) is 4.10. The molecule has 0 atom stereocenters. The summed E-state index contributed by atoms with van der Waals surface area (Å²) in [6.07, 6.45) is 0. The van der Waals surface area contributed by atoms with Crippen LogP contribution in [0.15, 0.2) is 58.8 Å². The van der Waals surface area contributed by atoms with Gasteiger partial charge in [0.15, 0.2) is 5.82 Å². The highest BCUT2D eigenvalue weighted by Gasteiger charge is 2.21. The molecule has 0 bridgehead atoms. The summed E-state index contributed by atoms with van der Waals surface area (Å²) < 4.78 is 1.80. The lowest BCUT2D eigenvalue weighted by molar-refractivity contribution is 0.762. The second-order valence-corrected chi connectivity index (χ2v) is 6.65. The normalized spacial score (nSPS) is 13.6. The molecule has 0 saturated heterocycles. The Labute approximate surface area is 143 Å². The molecule has 0 aliphatic carbocycles. The highest BCUT2D eigenvalue weighted by molar-refractivity contribution is 7.99. The van der Waals surface area contributed by atoms with Crippen molar-refractivity contribution in [3.8, 4) is 11.4 Å². The van der Waals surface area contributed by atoms with Crippen molar-refractivity contribution in [1.29, 1.82) is 0 Å². The van der Waals surface area contributed by atoms with Crippen LogP contribution in [-0.4, -0.2) is 26.3 Å². The molecule has 23 heavy (non-hydrogen) atoms. The van der Waals surface area contributed by atoms with E-state index in [0.29, 0.717) is 5.02 Å². The molecule has 0 unspecified atom stereocenters. The van der Waals surface area contributed by atoms with E-state index >= 15 is 0 Å². The minimum Gasteiger partial charge on any atom is -0.187 e. The van der Waals surface area contributed by atoms with Gasteiger partial charge in [0.1, 0.15) is 0 Å². The number of halogens is 1. The molecule has 1 aliphatic heterocycles. The SMILES string of the molecule is Cc1ccc(-c2nnc3n2N=C(c2ccccc2Cl)CS3)cc1. The Morgan fingerprint density at radius 1 is 1.04 bits per heavy atom. The summed E-state index contributed by atoms with van der Waals surface area (Å²) in [7, 11) is 0. The number of benzene rings is 2. The Balaban J connectivity index is 1.81. The van der Waals surface area contributed by atoms with Gasteiger partial charge in [-0.2, -0.15) is 9.78 Å². The van der Waals surface area contributed by atoms with Crippen LogP contribution in [0.3, 0.4) is 0 Å². The number of fused-ring (bicyclic) bond motifs is 1. The van der Waals surface area contributed by atoms with E-state index in [1.165, 1.54) is 5.56 Å². The van der Waals surface area contributed by atoms with Gasteiger partial charge in [-0.25, -0.2) is 0 Å². The molecule has 1 aromatic heterocycles. The molecule has 0 N–H and O–H groups in total. The first kappa shape index (κ1) is 14.5. The van der Waals surface area contributed by atoms with E-state index in [-0.39, 0.29) is 0 Å². The molecule has 0 radical (unpaired) electrons. The number of thioether (sulfide) groups is 1. The Morgan fingerprint density at radius 3 is 2.61 bits per heavy atom. The van der Waals surface area contributed by atoms with Crippen molar-refractivity contribution in [2.75, 3.05) is 5.75 Å². The van der Waals surface area contributed by atoms with Crippen LogP contribution in [0.5, 0.6) is 0 Å². The Morgan fingerprint density at radius 2 is 1.83 bits per heavy atom. The summed E-state index contributed by atoms with van der Waals surface area (Å²) >= 11 is 7.92. The standard InChI is InChI=1S/C17H13ClN4S/c1-11-6-8-12(9-7-11)16-19-20-17-22(16)21-15(10-23-17)13-4-2-3-5-14(13)18/h2-9H,10H2,1H3. The van der Waals surface area contributed by atoms with Crippen molar-refractivity contribution in [1.82, 2.24) is 14.9 Å². The lowest BCUT2D eigenvalue weighted by Gasteiger charge is -2.14. The van der Waals surface area contributed by atoms with Gasteiger partial charge in [-0.1, -0.05) is 71.4 Å². The van der Waals surface area contributed by atoms with Gasteiger partial charge < -0.3 is 0 Å². The van der Waals surface area contributed by atoms with E-state index in [9.17, 15) is 0 Å². The third-order valence-electron chi connectivity index (χ3n) is 3.67. The zero-order chi connectivity index (χ0) is 15.8. The van der Waals surface area contributed by atoms with Crippen molar-refractivity contribution >= 4 is 29.1 Å². The van der Waals surface area contributed by atoms with Crippen molar-refractivity contribution in [2.45, 2.75) is 12.1 Å². The fourth-order valence-electron chi connectivity index (χ4n) is 2.44. The van der Waals surface area contributed by atoms with E-state index in [4.69, 9.17) is 16.7 Å². The quantitative estimate of drug-likeness (QED) is 0.700. The molecule has 0 saturated carbocycles. The van der Waals surface area contributed by atoms with Gasteiger partial charge in [-0.15, -0.1) is 10.2 Å². The van der Waals surface area contributed by atoms with Gasteiger partial charge in [0, 0.05) is 21.9 Å². The number of aromatic nitrogens is 3. The lowest BCUT2D eigenvalue weighted by Crippen LogP contribution is -2.14. The molecule has 2 heterocycles. The average molecular weight is 341 g/mol. The molecule has 4 rings (SSSR count). The van der Waals surface area contributed by atoms with E-state index in [0.717, 1.165) is 33.6 Å². The Hall–Kier alpha value is -2.11. The smallest absolute Gasteiger partial charge is 0.187 e. The summed E-state index contributed by atoms with van der Waals surface area (Å²) in [6.45, 7) is 2.06. The minimum absolute atomic E-state index is 0.709. The van der Waals surface area contributed by atoms with Gasteiger partial charge in [-0.3, -0.25) is 0 Å². The predicted molar refractivity (Wildman–Crippen MR) is 94.3 cm³/mol. The number of aryl methyl sites for hydroxylation is 1. The predicted octanol–water partition coefficient (Wildman–Crippen LogP) is 4.27. The summed E-state index contributed by atoms with van der Waals surface area (Å²) in [4.78, 5) is 0. The van der Waals surface area contributed by atoms with Crippen LogP contribution >= 0.6 is 23.4 Å². The zero-order valence-corrected chi connectivity index (χ0v) is 14.0. The molecular formula is C17H13ClN4S. The summed E-state index contributed by atoms with van der Waals surface area (Å²) in [6, 6.07) is 16.0. The second-order valence-electron chi connectivity index (χ2n) is 5.30. The highest BCUT2D eigenvalue weighted by Crippen LogP contribution is 2.29. The maximum atomic E-state index is 6.30. The van der Waals surface area contributed by atoms with Crippen LogP contribution in [0.1, 0.15) is 11.1 Å². The van der Waals surface area contributed by atoms with E-state index < -0.39 is 0 Å². The molecule has 0 fully saturated rings. The fraction of sp³-hybridized carbons (Fsp3) is 0.118. The third kappa shape index (κ3) is 2.66. The first-order valence-electron chi connectivity index (χ1n) is 7.20. The van der Waals surface area contributed by atoms with E-state index in [1.807, 2.05) is 36.4 Å². The summed E-state index contributed by atoms with van der Waals surface area (Å²) in [5, 5.41) is 14.8. The number of hydrogen-bond donors (Lipinski definition) is 0. The molecule has 6 heteroatoms. The number of rotatable bonds is 2. The number of hydrogen-bond acceptors (Lipinski definition) is 4. The second kappa shape index (κ2) is 5.83. The topological polar surface area (TPSA) is 43.1 Å². The molecule has 1 aliphatic rings. The fourth-order valence-corrected chi connectivity index (χ4v) is 3.51. The molecule has 114 valence electrons. The van der Waals surface area contributed by atoms with Gasteiger partial charge in [0.25, 0.3) is 0 Å². The maximum Gasteiger partial charge on any atom is 0.212 e. The van der Waals surface area contributed by atoms with E-state index in [2.05, 4.69) is 29.3 Å². The van der Waals surface area contributed by atoms with Crippen LogP contribution in [0.4, 0.5) is 0 Å². The van der Waals surface area contributed by atoms with Crippen molar-refractivity contribution in [2.24, 2.45) is 5.10 Å². The van der Waals surface area contributed by atoms with Gasteiger partial charge in [0.2, 0.25) is 5.16 Å². The Bertz CT molecular complexity index is 899. The first-order chi connectivity index (χ1) is 11.2. The van der Waals surface area contributed by atoms with Crippen LogP contribution < -0.4 is 0 Å². The van der Waals surface area contributed by atoms with Crippen molar-refractivity contribution < 1.29 is 0 Å². The first-order valence-corrected chi connectivity index (χ1v) is 8.57. The average Bonchev–Trinajstić information content (AvgIpc) is 2.99. The van der Waals surface area contributed by atoms with Crippen molar-refractivity contribution in [3.05, 3.63) is 64.7 Å². The summed E-state index contributed by atoms with van der Waals surface area (Å²) in [5.74, 6) is 1.48. The van der Waals surface area contributed by atoms with Gasteiger partial charge in [-0.05, 0) is 13.0 Å². The third-order valence-corrected chi connectivity index (χ3v) is 4.93. The van der Waals surface area contributed by atoms with Gasteiger partial charge in [0.05, 0.1) is 5.71 Å². The molecule has 2 aromatic carbocycles. The largest absolute Gasteiger partial charge is 0.212 e. The van der Waals surface area contributed by atoms with Crippen LogP contribution in [0.25, 0.3) is 11.4 Å². The molecule has 0 amide bonds. The van der Waals surface area contributed by atoms with Crippen molar-refractivity contribution in [3.63, 3.8) is 0 Å². The molecular weight excluding hydrogens is 328 g/mol. The number of nitrogens with zero attached hydrogens (tertiary/aromatic N) is 4. The minimum atomic E-state index is 0.709. The maximum absolute atomic E-state index is 6.30. The molecule has 4 nitrogen and oxygen atoms in total. The monoisotopic (exact) mass is 340 g/mol.